The Hall–Kier alpha value is -1.79. The molecule has 0 amide bonds. The predicted octanol–water partition coefficient (Wildman–Crippen LogP) is 2.92. The van der Waals surface area contributed by atoms with Gasteiger partial charge in [-0.1, -0.05) is 24.3 Å². The standard InChI is InChI=1S/C17H22FN3O2/c1-13(14-2-4-15(18)5-3-14)10-21-11-16(19-20-21)12-23-17-6-8-22-9-7-17/h2-5,11,13,17H,6-10,12H2,1H3. The molecule has 6 heteroatoms. The molecule has 1 unspecified atom stereocenters. The summed E-state index contributed by atoms with van der Waals surface area (Å²) in [4.78, 5) is 0. The van der Waals surface area contributed by atoms with Crippen molar-refractivity contribution in [2.45, 2.75) is 44.9 Å². The lowest BCUT2D eigenvalue weighted by Gasteiger charge is -2.21. The molecule has 3 rings (SSSR count). The summed E-state index contributed by atoms with van der Waals surface area (Å²) < 4.78 is 25.9. The van der Waals surface area contributed by atoms with E-state index < -0.39 is 0 Å². The molecule has 0 bridgehead atoms. The fraction of sp³-hybridized carbons (Fsp3) is 0.529. The van der Waals surface area contributed by atoms with E-state index in [1.54, 1.807) is 0 Å². The number of hydrogen-bond donors (Lipinski definition) is 0. The van der Waals surface area contributed by atoms with Gasteiger partial charge < -0.3 is 9.47 Å². The molecule has 124 valence electrons. The summed E-state index contributed by atoms with van der Waals surface area (Å²) in [6.07, 6.45) is 4.05. The van der Waals surface area contributed by atoms with Gasteiger partial charge in [-0.25, -0.2) is 4.39 Å². The predicted molar refractivity (Wildman–Crippen MR) is 83.5 cm³/mol. The Morgan fingerprint density at radius 2 is 2.04 bits per heavy atom. The molecule has 1 saturated heterocycles. The summed E-state index contributed by atoms with van der Waals surface area (Å²) in [6.45, 7) is 4.82. The highest BCUT2D eigenvalue weighted by Gasteiger charge is 2.15. The number of benzene rings is 1. The summed E-state index contributed by atoms with van der Waals surface area (Å²) in [7, 11) is 0. The molecule has 5 nitrogen and oxygen atoms in total. The summed E-state index contributed by atoms with van der Waals surface area (Å²) in [5.41, 5.74) is 1.92. The lowest BCUT2D eigenvalue weighted by Crippen LogP contribution is -2.23. The number of halogens is 1. The second-order valence-corrected chi connectivity index (χ2v) is 6.01. The van der Waals surface area contributed by atoms with Crippen LogP contribution in [-0.2, 0) is 22.6 Å². The fourth-order valence-electron chi connectivity index (χ4n) is 2.72. The Morgan fingerprint density at radius 3 is 2.78 bits per heavy atom. The number of nitrogens with zero attached hydrogens (tertiary/aromatic N) is 3. The first kappa shape index (κ1) is 16.1. The van der Waals surface area contributed by atoms with Gasteiger partial charge in [-0.15, -0.1) is 5.10 Å². The largest absolute Gasteiger partial charge is 0.381 e. The molecule has 0 saturated carbocycles. The van der Waals surface area contributed by atoms with Gasteiger partial charge in [0.05, 0.1) is 18.9 Å². The normalized spacial score (nSPS) is 17.3. The van der Waals surface area contributed by atoms with Crippen LogP contribution in [0.2, 0.25) is 0 Å². The summed E-state index contributed by atoms with van der Waals surface area (Å²) in [6, 6.07) is 6.60. The molecule has 0 radical (unpaired) electrons. The lowest BCUT2D eigenvalue weighted by molar-refractivity contribution is -0.0399. The molecule has 1 atom stereocenters. The van der Waals surface area contributed by atoms with Crippen LogP contribution < -0.4 is 0 Å². The van der Waals surface area contributed by atoms with Crippen molar-refractivity contribution in [3.05, 3.63) is 47.5 Å². The third-order valence-corrected chi connectivity index (χ3v) is 4.12. The van der Waals surface area contributed by atoms with Crippen LogP contribution >= 0.6 is 0 Å². The van der Waals surface area contributed by atoms with Gasteiger partial charge in [-0.3, -0.25) is 4.68 Å². The van der Waals surface area contributed by atoms with Crippen LogP contribution in [0.25, 0.3) is 0 Å². The van der Waals surface area contributed by atoms with Gasteiger partial charge in [0.1, 0.15) is 11.5 Å². The highest BCUT2D eigenvalue weighted by atomic mass is 19.1. The summed E-state index contributed by atoms with van der Waals surface area (Å²) in [5.74, 6) is 0.0239. The van der Waals surface area contributed by atoms with Gasteiger partial charge >= 0.3 is 0 Å². The molecule has 1 aliphatic rings. The van der Waals surface area contributed by atoms with E-state index >= 15 is 0 Å². The van der Waals surface area contributed by atoms with Crippen molar-refractivity contribution in [2.75, 3.05) is 13.2 Å². The quantitative estimate of drug-likeness (QED) is 0.821. The number of ether oxygens (including phenoxy) is 2. The average molecular weight is 319 g/mol. The zero-order valence-corrected chi connectivity index (χ0v) is 13.3. The maximum absolute atomic E-state index is 13.0. The van der Waals surface area contributed by atoms with Gasteiger partial charge in [-0.05, 0) is 30.5 Å². The van der Waals surface area contributed by atoms with Gasteiger partial charge in [0.25, 0.3) is 0 Å². The molecule has 2 aromatic rings. The van der Waals surface area contributed by atoms with Crippen molar-refractivity contribution in [2.24, 2.45) is 0 Å². The zero-order valence-electron chi connectivity index (χ0n) is 13.3. The monoisotopic (exact) mass is 319 g/mol. The van der Waals surface area contributed by atoms with E-state index in [0.29, 0.717) is 13.2 Å². The Labute approximate surface area is 135 Å². The molecular weight excluding hydrogens is 297 g/mol. The van der Waals surface area contributed by atoms with E-state index in [-0.39, 0.29) is 17.8 Å². The average Bonchev–Trinajstić information content (AvgIpc) is 3.02. The van der Waals surface area contributed by atoms with Crippen LogP contribution in [0.3, 0.4) is 0 Å². The van der Waals surface area contributed by atoms with E-state index in [4.69, 9.17) is 9.47 Å². The molecular formula is C17H22FN3O2. The van der Waals surface area contributed by atoms with Crippen LogP contribution in [0.1, 0.15) is 36.9 Å². The number of hydrogen-bond acceptors (Lipinski definition) is 4. The van der Waals surface area contributed by atoms with Crippen molar-refractivity contribution >= 4 is 0 Å². The van der Waals surface area contributed by atoms with Gasteiger partial charge in [0, 0.05) is 25.7 Å². The van der Waals surface area contributed by atoms with E-state index in [1.807, 2.05) is 23.0 Å². The van der Waals surface area contributed by atoms with Gasteiger partial charge in [0.2, 0.25) is 0 Å². The first-order valence-corrected chi connectivity index (χ1v) is 8.04. The minimum atomic E-state index is -0.214. The van der Waals surface area contributed by atoms with E-state index in [9.17, 15) is 4.39 Å². The zero-order chi connectivity index (χ0) is 16.1. The molecule has 1 fully saturated rings. The van der Waals surface area contributed by atoms with Crippen LogP contribution in [0.4, 0.5) is 4.39 Å². The van der Waals surface area contributed by atoms with Crippen LogP contribution in [0.5, 0.6) is 0 Å². The molecule has 1 aromatic carbocycles. The Kier molecular flexibility index (Phi) is 5.35. The van der Waals surface area contributed by atoms with Crippen LogP contribution in [0.15, 0.2) is 30.5 Å². The first-order chi connectivity index (χ1) is 11.2. The Morgan fingerprint density at radius 1 is 1.30 bits per heavy atom. The summed E-state index contributed by atoms with van der Waals surface area (Å²) in [5, 5.41) is 8.31. The van der Waals surface area contributed by atoms with E-state index in [0.717, 1.165) is 37.3 Å². The third kappa shape index (κ3) is 4.59. The summed E-state index contributed by atoms with van der Waals surface area (Å²) >= 11 is 0. The Balaban J connectivity index is 1.51. The molecule has 0 N–H and O–H groups in total. The second-order valence-electron chi connectivity index (χ2n) is 6.01. The number of aromatic nitrogens is 3. The van der Waals surface area contributed by atoms with Gasteiger partial charge in [-0.2, -0.15) is 0 Å². The number of rotatable bonds is 6. The minimum Gasteiger partial charge on any atom is -0.381 e. The fourth-order valence-corrected chi connectivity index (χ4v) is 2.72. The topological polar surface area (TPSA) is 49.2 Å². The lowest BCUT2D eigenvalue weighted by atomic mass is 10.0. The van der Waals surface area contributed by atoms with Crippen molar-refractivity contribution in [3.8, 4) is 0 Å². The maximum Gasteiger partial charge on any atom is 0.123 e. The highest BCUT2D eigenvalue weighted by Crippen LogP contribution is 2.18. The van der Waals surface area contributed by atoms with Crippen LogP contribution in [0, 0.1) is 5.82 Å². The molecule has 23 heavy (non-hydrogen) atoms. The van der Waals surface area contributed by atoms with E-state index in [1.165, 1.54) is 12.1 Å². The molecule has 1 aromatic heterocycles. The maximum atomic E-state index is 13.0. The highest BCUT2D eigenvalue weighted by molar-refractivity contribution is 5.19. The van der Waals surface area contributed by atoms with Crippen molar-refractivity contribution < 1.29 is 13.9 Å². The molecule has 0 spiro atoms. The van der Waals surface area contributed by atoms with Gasteiger partial charge in [0.15, 0.2) is 0 Å². The van der Waals surface area contributed by atoms with Crippen molar-refractivity contribution in [3.63, 3.8) is 0 Å². The molecule has 2 heterocycles. The Bertz CT molecular complexity index is 609. The van der Waals surface area contributed by atoms with Crippen molar-refractivity contribution in [1.82, 2.24) is 15.0 Å². The SMILES string of the molecule is CC(Cn1cc(COC2CCOCC2)nn1)c1ccc(F)cc1. The van der Waals surface area contributed by atoms with E-state index in [2.05, 4.69) is 17.2 Å². The molecule has 1 aliphatic heterocycles. The van der Waals surface area contributed by atoms with Crippen molar-refractivity contribution in [1.29, 1.82) is 0 Å². The third-order valence-electron chi connectivity index (χ3n) is 4.12. The molecule has 0 aliphatic carbocycles. The minimum absolute atomic E-state index is 0.214. The first-order valence-electron chi connectivity index (χ1n) is 8.04. The van der Waals surface area contributed by atoms with Crippen LogP contribution in [-0.4, -0.2) is 34.3 Å². The smallest absolute Gasteiger partial charge is 0.123 e. The second kappa shape index (κ2) is 7.66.